The molecule has 0 saturated heterocycles. The Balaban J connectivity index is 2.19. The molecule has 3 rings (SSSR count). The molecule has 0 N–H and O–H groups in total. The number of alkyl halides is 1. The Morgan fingerprint density at radius 3 is 2.57 bits per heavy atom. The van der Waals surface area contributed by atoms with E-state index in [-0.39, 0.29) is 16.7 Å². The highest BCUT2D eigenvalue weighted by Crippen LogP contribution is 2.16. The summed E-state index contributed by atoms with van der Waals surface area (Å²) in [5, 5.41) is 0.865. The number of Topliss-reactive ketones (excluding diaryl/α,β-unsaturated/α-hetero) is 1. The molecule has 2 aromatic carbocycles. The van der Waals surface area contributed by atoms with Crippen LogP contribution >= 0.6 is 38.5 Å². The number of fused-ring (bicyclic) bond motifs is 1. The van der Waals surface area contributed by atoms with Crippen LogP contribution in [0.5, 0.6) is 0 Å². The van der Waals surface area contributed by atoms with E-state index in [0.29, 0.717) is 28.0 Å². The van der Waals surface area contributed by atoms with Crippen molar-refractivity contribution in [2.45, 2.75) is 6.92 Å². The van der Waals surface area contributed by atoms with E-state index in [1.807, 2.05) is 18.2 Å². The first-order chi connectivity index (χ1) is 11.0. The number of nitrogens with zero attached hydrogens (tertiary/aromatic N) is 2. The van der Waals surface area contributed by atoms with Crippen molar-refractivity contribution >= 4 is 55.2 Å². The molecule has 0 aliphatic rings. The molecule has 0 bridgehead atoms. The smallest absolute Gasteiger partial charge is 0.265 e. The van der Waals surface area contributed by atoms with Crippen LogP contribution < -0.4 is 5.56 Å². The van der Waals surface area contributed by atoms with E-state index >= 15 is 0 Å². The summed E-state index contributed by atoms with van der Waals surface area (Å²) in [5.74, 6) is 0.620. The molecular formula is C17H12BrIN2O2. The van der Waals surface area contributed by atoms with Crippen molar-refractivity contribution < 1.29 is 4.79 Å². The molecule has 0 atom stereocenters. The van der Waals surface area contributed by atoms with Gasteiger partial charge in [-0.1, -0.05) is 15.9 Å². The molecule has 116 valence electrons. The van der Waals surface area contributed by atoms with Gasteiger partial charge in [0.15, 0.2) is 5.78 Å². The maximum absolute atomic E-state index is 12.8. The Hall–Kier alpha value is -1.54. The van der Waals surface area contributed by atoms with Gasteiger partial charge in [-0.05, 0) is 72.0 Å². The fourth-order valence-corrected chi connectivity index (χ4v) is 3.26. The van der Waals surface area contributed by atoms with Gasteiger partial charge in [0, 0.05) is 9.13 Å². The van der Waals surface area contributed by atoms with Gasteiger partial charge < -0.3 is 0 Å². The molecule has 23 heavy (non-hydrogen) atoms. The molecule has 0 aliphatic carbocycles. The normalized spacial score (nSPS) is 10.9. The Morgan fingerprint density at radius 1 is 1.22 bits per heavy atom. The minimum absolute atomic E-state index is 0.00630. The molecule has 0 saturated carbocycles. The lowest BCUT2D eigenvalue weighted by Crippen LogP contribution is -2.22. The molecule has 3 aromatic rings. The van der Waals surface area contributed by atoms with Gasteiger partial charge in [0.2, 0.25) is 0 Å². The van der Waals surface area contributed by atoms with Crippen molar-refractivity contribution in [1.29, 1.82) is 0 Å². The lowest BCUT2D eigenvalue weighted by Gasteiger charge is -2.11. The maximum atomic E-state index is 12.8. The number of ketones is 1. The van der Waals surface area contributed by atoms with Crippen molar-refractivity contribution in [2.75, 3.05) is 5.33 Å². The number of carbonyl (C=O) groups is 1. The van der Waals surface area contributed by atoms with Crippen molar-refractivity contribution in [2.24, 2.45) is 0 Å². The third kappa shape index (κ3) is 3.10. The molecule has 1 aromatic heterocycles. The van der Waals surface area contributed by atoms with Crippen molar-refractivity contribution in [3.63, 3.8) is 0 Å². The van der Waals surface area contributed by atoms with E-state index < -0.39 is 0 Å². The molecule has 0 radical (unpaired) electrons. The van der Waals surface area contributed by atoms with Crippen LogP contribution in [0.4, 0.5) is 0 Å². The summed E-state index contributed by atoms with van der Waals surface area (Å²) < 4.78 is 2.56. The second-order valence-electron chi connectivity index (χ2n) is 5.06. The number of aryl methyl sites for hydroxylation is 1. The molecule has 0 spiro atoms. The van der Waals surface area contributed by atoms with Crippen molar-refractivity contribution in [3.05, 3.63) is 67.8 Å². The molecule has 4 nitrogen and oxygen atoms in total. The minimum atomic E-state index is -0.106. The van der Waals surface area contributed by atoms with E-state index in [0.717, 1.165) is 3.57 Å². The zero-order valence-corrected chi connectivity index (χ0v) is 16.0. The first-order valence-corrected chi connectivity index (χ1v) is 9.10. The summed E-state index contributed by atoms with van der Waals surface area (Å²) in [6.45, 7) is 1.80. The molecule has 6 heteroatoms. The summed E-state index contributed by atoms with van der Waals surface area (Å²) in [4.78, 5) is 29.0. The summed E-state index contributed by atoms with van der Waals surface area (Å²) in [6.07, 6.45) is 0. The van der Waals surface area contributed by atoms with E-state index in [2.05, 4.69) is 43.5 Å². The van der Waals surface area contributed by atoms with Gasteiger partial charge in [-0.15, -0.1) is 0 Å². The van der Waals surface area contributed by atoms with Crippen LogP contribution in [0, 0.1) is 10.5 Å². The van der Waals surface area contributed by atoms with Gasteiger partial charge in [-0.25, -0.2) is 4.98 Å². The number of carbonyl (C=O) groups excluding carboxylic acids is 1. The predicted octanol–water partition coefficient (Wildman–Crippen LogP) is 3.88. The Labute approximate surface area is 154 Å². The molecule has 0 aliphatic heterocycles. The van der Waals surface area contributed by atoms with E-state index in [4.69, 9.17) is 0 Å². The third-order valence-electron chi connectivity index (χ3n) is 3.57. The second kappa shape index (κ2) is 6.52. The topological polar surface area (TPSA) is 52.0 Å². The first kappa shape index (κ1) is 16.3. The Bertz CT molecular complexity index is 965. The van der Waals surface area contributed by atoms with E-state index in [1.54, 1.807) is 35.8 Å². The number of rotatable bonds is 3. The van der Waals surface area contributed by atoms with E-state index in [9.17, 15) is 9.59 Å². The molecular weight excluding hydrogens is 471 g/mol. The average molecular weight is 483 g/mol. The number of hydrogen-bond donors (Lipinski definition) is 0. The molecule has 0 unspecified atom stereocenters. The van der Waals surface area contributed by atoms with Crippen LogP contribution in [-0.2, 0) is 0 Å². The van der Waals surface area contributed by atoms with Gasteiger partial charge in [0.25, 0.3) is 5.56 Å². The van der Waals surface area contributed by atoms with Gasteiger partial charge >= 0.3 is 0 Å². The number of aromatic nitrogens is 2. The molecule has 1 heterocycles. The fraction of sp³-hybridized carbons (Fsp3) is 0.118. The summed E-state index contributed by atoms with van der Waals surface area (Å²) in [7, 11) is 0. The van der Waals surface area contributed by atoms with Crippen molar-refractivity contribution in [3.8, 4) is 5.69 Å². The number of hydrogen-bond acceptors (Lipinski definition) is 3. The molecule has 0 amide bonds. The van der Waals surface area contributed by atoms with Crippen LogP contribution in [0.3, 0.4) is 0 Å². The quantitative estimate of drug-likeness (QED) is 0.323. The standard InChI is InChI=1S/C17H12BrIN2O2/c1-10-20-15-7-4-12(19)8-14(15)17(23)21(10)13-5-2-11(3-6-13)16(22)9-18/h2-8H,9H2,1H3. The largest absolute Gasteiger partial charge is 0.293 e. The highest BCUT2D eigenvalue weighted by Gasteiger charge is 2.11. The highest BCUT2D eigenvalue weighted by atomic mass is 127. The zero-order valence-electron chi connectivity index (χ0n) is 12.2. The predicted molar refractivity (Wildman–Crippen MR) is 103 cm³/mol. The summed E-state index contributed by atoms with van der Waals surface area (Å²) in [6, 6.07) is 12.6. The Kier molecular flexibility index (Phi) is 4.63. The lowest BCUT2D eigenvalue weighted by atomic mass is 10.1. The minimum Gasteiger partial charge on any atom is -0.293 e. The average Bonchev–Trinajstić information content (AvgIpc) is 2.55. The summed E-state index contributed by atoms with van der Waals surface area (Å²) in [5.41, 5.74) is 1.90. The molecule has 0 fully saturated rings. The summed E-state index contributed by atoms with van der Waals surface area (Å²) >= 11 is 5.33. The first-order valence-electron chi connectivity index (χ1n) is 6.90. The van der Waals surface area contributed by atoms with Crippen LogP contribution in [-0.4, -0.2) is 20.7 Å². The number of halogens is 2. The van der Waals surface area contributed by atoms with Crippen LogP contribution in [0.25, 0.3) is 16.6 Å². The van der Waals surface area contributed by atoms with Gasteiger partial charge in [0.1, 0.15) is 5.82 Å². The number of benzene rings is 2. The monoisotopic (exact) mass is 482 g/mol. The SMILES string of the molecule is Cc1nc2ccc(I)cc2c(=O)n1-c1ccc(C(=O)CBr)cc1. The fourth-order valence-electron chi connectivity index (χ4n) is 2.45. The van der Waals surface area contributed by atoms with Gasteiger partial charge in [-0.2, -0.15) is 0 Å². The lowest BCUT2D eigenvalue weighted by molar-refractivity contribution is 0.102. The van der Waals surface area contributed by atoms with Crippen LogP contribution in [0.15, 0.2) is 47.3 Å². The van der Waals surface area contributed by atoms with Crippen LogP contribution in [0.2, 0.25) is 0 Å². The van der Waals surface area contributed by atoms with E-state index in [1.165, 1.54) is 0 Å². The Morgan fingerprint density at radius 2 is 1.91 bits per heavy atom. The van der Waals surface area contributed by atoms with Crippen molar-refractivity contribution in [1.82, 2.24) is 9.55 Å². The van der Waals surface area contributed by atoms with Crippen LogP contribution in [0.1, 0.15) is 16.2 Å². The zero-order chi connectivity index (χ0) is 16.6. The highest BCUT2D eigenvalue weighted by molar-refractivity contribution is 14.1. The third-order valence-corrected chi connectivity index (χ3v) is 4.75. The van der Waals surface area contributed by atoms with Gasteiger partial charge in [-0.3, -0.25) is 14.2 Å². The second-order valence-corrected chi connectivity index (χ2v) is 6.87. The van der Waals surface area contributed by atoms with Gasteiger partial charge in [0.05, 0.1) is 21.9 Å². The maximum Gasteiger partial charge on any atom is 0.265 e.